The minimum atomic E-state index is -0.493. The molecule has 0 saturated carbocycles. The lowest BCUT2D eigenvalue weighted by atomic mass is 10.1. The summed E-state index contributed by atoms with van der Waals surface area (Å²) in [7, 11) is 2.07. The van der Waals surface area contributed by atoms with Gasteiger partial charge in [0.05, 0.1) is 6.04 Å². The van der Waals surface area contributed by atoms with Crippen molar-refractivity contribution >= 4 is 36.4 Å². The number of halogens is 2. The Balaban J connectivity index is 0.00000156. The Bertz CT molecular complexity index is 681. The van der Waals surface area contributed by atoms with Gasteiger partial charge in [0.1, 0.15) is 0 Å². The number of para-hydroxylation sites is 1. The first-order valence-electron chi connectivity index (χ1n) is 8.02. The lowest BCUT2D eigenvalue weighted by Gasteiger charge is -2.24. The quantitative estimate of drug-likeness (QED) is 0.888. The van der Waals surface area contributed by atoms with Gasteiger partial charge in [-0.05, 0) is 23.6 Å². The summed E-state index contributed by atoms with van der Waals surface area (Å²) in [4.78, 5) is 16.8. The van der Waals surface area contributed by atoms with Gasteiger partial charge in [-0.15, -0.1) is 24.8 Å². The zero-order valence-electron chi connectivity index (χ0n) is 14.3. The van der Waals surface area contributed by atoms with E-state index in [4.69, 9.17) is 5.73 Å². The fraction of sp³-hybridized carbons (Fsp3) is 0.316. The van der Waals surface area contributed by atoms with Gasteiger partial charge < -0.3 is 15.5 Å². The van der Waals surface area contributed by atoms with Crippen molar-refractivity contribution in [2.45, 2.75) is 19.0 Å². The Kier molecular flexibility index (Phi) is 8.23. The molecule has 3 rings (SSSR count). The average molecular weight is 382 g/mol. The number of nitrogens with two attached hydrogens (primary N) is 1. The molecule has 1 atom stereocenters. The van der Waals surface area contributed by atoms with Crippen LogP contribution in [0.4, 0.5) is 5.69 Å². The summed E-state index contributed by atoms with van der Waals surface area (Å²) in [6.45, 7) is 2.15. The second-order valence-electron chi connectivity index (χ2n) is 6.11. The van der Waals surface area contributed by atoms with Gasteiger partial charge in [-0.25, -0.2) is 0 Å². The van der Waals surface area contributed by atoms with Crippen molar-refractivity contribution < 1.29 is 4.79 Å². The van der Waals surface area contributed by atoms with E-state index in [0.717, 1.165) is 12.1 Å². The molecular formula is C19H25Cl2N3O. The average Bonchev–Trinajstić information content (AvgIpc) is 2.75. The number of carbonyl (C=O) groups excluding carboxylic acids is 1. The van der Waals surface area contributed by atoms with E-state index in [9.17, 15) is 4.79 Å². The first kappa shape index (κ1) is 21.3. The minimum absolute atomic E-state index is 0. The van der Waals surface area contributed by atoms with E-state index in [1.807, 2.05) is 47.4 Å². The molecule has 0 aliphatic carbocycles. The molecule has 0 saturated heterocycles. The molecule has 0 spiro atoms. The van der Waals surface area contributed by atoms with E-state index in [1.54, 1.807) is 0 Å². The van der Waals surface area contributed by atoms with E-state index in [-0.39, 0.29) is 30.7 Å². The summed E-state index contributed by atoms with van der Waals surface area (Å²) < 4.78 is 0. The highest BCUT2D eigenvalue weighted by Gasteiger charge is 2.25. The zero-order valence-corrected chi connectivity index (χ0v) is 15.9. The number of hydrogen-bond donors (Lipinski definition) is 1. The second-order valence-corrected chi connectivity index (χ2v) is 6.11. The number of benzene rings is 2. The van der Waals surface area contributed by atoms with Crippen LogP contribution in [0.2, 0.25) is 0 Å². The monoisotopic (exact) mass is 381 g/mol. The van der Waals surface area contributed by atoms with Crippen molar-refractivity contribution in [3.05, 3.63) is 65.7 Å². The molecule has 136 valence electrons. The van der Waals surface area contributed by atoms with Gasteiger partial charge in [-0.3, -0.25) is 4.79 Å². The number of anilines is 1. The molecule has 2 N–H and O–H groups in total. The van der Waals surface area contributed by atoms with Gasteiger partial charge in [0.2, 0.25) is 5.91 Å². The maximum Gasteiger partial charge on any atom is 0.240 e. The molecule has 1 heterocycles. The van der Waals surface area contributed by atoms with Crippen LogP contribution in [0.15, 0.2) is 54.6 Å². The number of rotatable bonds is 3. The molecule has 0 aromatic heterocycles. The Morgan fingerprint density at radius 2 is 1.68 bits per heavy atom. The molecule has 1 aliphatic heterocycles. The predicted octanol–water partition coefficient (Wildman–Crippen LogP) is 2.88. The van der Waals surface area contributed by atoms with E-state index < -0.39 is 6.04 Å². The van der Waals surface area contributed by atoms with E-state index >= 15 is 0 Å². The maximum atomic E-state index is 12.8. The van der Waals surface area contributed by atoms with Crippen LogP contribution in [0.1, 0.15) is 11.1 Å². The van der Waals surface area contributed by atoms with Crippen molar-refractivity contribution in [1.82, 2.24) is 4.90 Å². The van der Waals surface area contributed by atoms with E-state index in [2.05, 4.69) is 24.1 Å². The highest BCUT2D eigenvalue weighted by Crippen LogP contribution is 2.24. The molecule has 1 unspecified atom stereocenters. The summed E-state index contributed by atoms with van der Waals surface area (Å²) >= 11 is 0. The van der Waals surface area contributed by atoms with Gasteiger partial charge in [0.25, 0.3) is 0 Å². The summed E-state index contributed by atoms with van der Waals surface area (Å²) in [5.74, 6) is 0.0268. The van der Waals surface area contributed by atoms with Crippen molar-refractivity contribution in [2.24, 2.45) is 5.73 Å². The number of hydrogen-bond acceptors (Lipinski definition) is 3. The molecule has 0 bridgehead atoms. The maximum absolute atomic E-state index is 12.8. The summed E-state index contributed by atoms with van der Waals surface area (Å²) in [6, 6.07) is 17.7. The number of fused-ring (bicyclic) bond motifs is 1. The van der Waals surface area contributed by atoms with Gasteiger partial charge in [-0.2, -0.15) is 0 Å². The molecule has 0 radical (unpaired) electrons. The van der Waals surface area contributed by atoms with Crippen LogP contribution in [-0.2, 0) is 17.8 Å². The lowest BCUT2D eigenvalue weighted by molar-refractivity contribution is -0.133. The first-order chi connectivity index (χ1) is 11.1. The third-order valence-corrected chi connectivity index (χ3v) is 4.40. The van der Waals surface area contributed by atoms with Crippen molar-refractivity contribution in [1.29, 1.82) is 0 Å². The van der Waals surface area contributed by atoms with Crippen LogP contribution in [0.25, 0.3) is 0 Å². The Morgan fingerprint density at radius 1 is 1.04 bits per heavy atom. The van der Waals surface area contributed by atoms with Crippen molar-refractivity contribution in [3.63, 3.8) is 0 Å². The van der Waals surface area contributed by atoms with Crippen LogP contribution >= 0.6 is 24.8 Å². The van der Waals surface area contributed by atoms with Gasteiger partial charge in [-0.1, -0.05) is 48.5 Å². The Labute approximate surface area is 161 Å². The zero-order chi connectivity index (χ0) is 16.2. The summed E-state index contributed by atoms with van der Waals surface area (Å²) in [5, 5.41) is 0. The second kappa shape index (κ2) is 9.66. The molecule has 4 nitrogen and oxygen atoms in total. The highest BCUT2D eigenvalue weighted by atomic mass is 35.5. The third kappa shape index (κ3) is 5.11. The van der Waals surface area contributed by atoms with Crippen molar-refractivity contribution in [2.75, 3.05) is 25.0 Å². The SMILES string of the molecule is CN1CCN(C(=O)C(N)Cc2ccccc2)Cc2ccccc21.Cl.Cl. The largest absolute Gasteiger partial charge is 0.373 e. The molecule has 1 amide bonds. The molecule has 2 aromatic rings. The Hall–Kier alpha value is -1.75. The van der Waals surface area contributed by atoms with Crippen molar-refractivity contribution in [3.8, 4) is 0 Å². The van der Waals surface area contributed by atoms with Gasteiger partial charge in [0, 0.05) is 32.4 Å². The van der Waals surface area contributed by atoms with E-state index in [0.29, 0.717) is 19.5 Å². The van der Waals surface area contributed by atoms with E-state index in [1.165, 1.54) is 11.3 Å². The number of carbonyl (C=O) groups is 1. The minimum Gasteiger partial charge on any atom is -0.373 e. The summed E-state index contributed by atoms with van der Waals surface area (Å²) in [6.07, 6.45) is 0.577. The smallest absolute Gasteiger partial charge is 0.240 e. The fourth-order valence-corrected chi connectivity index (χ4v) is 3.07. The highest BCUT2D eigenvalue weighted by molar-refractivity contribution is 5.85. The number of amides is 1. The lowest BCUT2D eigenvalue weighted by Crippen LogP contribution is -2.45. The Morgan fingerprint density at radius 3 is 2.40 bits per heavy atom. The molecule has 25 heavy (non-hydrogen) atoms. The van der Waals surface area contributed by atoms with Gasteiger partial charge >= 0.3 is 0 Å². The number of nitrogens with zero attached hydrogens (tertiary/aromatic N) is 2. The van der Waals surface area contributed by atoms with Crippen LogP contribution in [0.5, 0.6) is 0 Å². The van der Waals surface area contributed by atoms with Crippen LogP contribution < -0.4 is 10.6 Å². The first-order valence-corrected chi connectivity index (χ1v) is 8.02. The third-order valence-electron chi connectivity index (χ3n) is 4.40. The van der Waals surface area contributed by atoms with Gasteiger partial charge in [0.15, 0.2) is 0 Å². The standard InChI is InChI=1S/C19H23N3O.2ClH/c1-21-11-12-22(14-16-9-5-6-10-18(16)21)19(23)17(20)13-15-7-3-2-4-8-15;;/h2-10,17H,11-14,20H2,1H3;2*1H. The fourth-order valence-electron chi connectivity index (χ4n) is 3.07. The normalized spacial score (nSPS) is 14.5. The number of likely N-dealkylation sites (N-methyl/N-ethyl adjacent to an activating group) is 1. The molecular weight excluding hydrogens is 357 g/mol. The molecule has 6 heteroatoms. The van der Waals surface area contributed by atoms with Crippen LogP contribution in [-0.4, -0.2) is 37.0 Å². The molecule has 2 aromatic carbocycles. The van der Waals surface area contributed by atoms with Crippen LogP contribution in [0, 0.1) is 0 Å². The predicted molar refractivity (Wildman–Crippen MR) is 108 cm³/mol. The molecule has 0 fully saturated rings. The summed E-state index contributed by atoms with van der Waals surface area (Å²) in [5.41, 5.74) is 9.65. The molecule has 1 aliphatic rings. The van der Waals surface area contributed by atoms with Crippen LogP contribution in [0.3, 0.4) is 0 Å². The topological polar surface area (TPSA) is 49.6 Å².